The standard InChI is InChI=1S/C16H30N2O2S/c1-21(19,20)15-4-2-3-13(9-15)16(18-17)10-14-8-11-5-6-12(14)7-11/h11-16,18H,2-10,17H2,1H3. The number of hydrogen-bond donors (Lipinski definition) is 2. The third-order valence-electron chi connectivity index (χ3n) is 6.50. The highest BCUT2D eigenvalue weighted by Gasteiger charge is 2.41. The van der Waals surface area contributed by atoms with E-state index in [0.29, 0.717) is 12.0 Å². The fraction of sp³-hybridized carbons (Fsp3) is 1.00. The van der Waals surface area contributed by atoms with E-state index in [1.165, 1.54) is 31.9 Å². The van der Waals surface area contributed by atoms with Gasteiger partial charge in [0.25, 0.3) is 0 Å². The monoisotopic (exact) mass is 314 g/mol. The Balaban J connectivity index is 1.60. The van der Waals surface area contributed by atoms with Crippen LogP contribution in [0.2, 0.25) is 0 Å². The minimum atomic E-state index is -2.90. The van der Waals surface area contributed by atoms with Gasteiger partial charge in [-0.3, -0.25) is 11.3 Å². The molecule has 3 N–H and O–H groups in total. The van der Waals surface area contributed by atoms with Crippen molar-refractivity contribution in [3.63, 3.8) is 0 Å². The van der Waals surface area contributed by atoms with Crippen molar-refractivity contribution in [2.24, 2.45) is 29.5 Å². The SMILES string of the molecule is CS(=O)(=O)C1CCCC(C(CC2CC3CCC2C3)NN)C1. The van der Waals surface area contributed by atoms with Gasteiger partial charge in [0.1, 0.15) is 9.84 Å². The van der Waals surface area contributed by atoms with Gasteiger partial charge >= 0.3 is 0 Å². The normalized spacial score (nSPS) is 41.3. The van der Waals surface area contributed by atoms with E-state index in [-0.39, 0.29) is 5.25 Å². The van der Waals surface area contributed by atoms with E-state index in [1.54, 1.807) is 0 Å². The highest BCUT2D eigenvalue weighted by atomic mass is 32.2. The Bertz CT molecular complexity index is 465. The van der Waals surface area contributed by atoms with Crippen molar-refractivity contribution in [1.29, 1.82) is 0 Å². The molecule has 3 aliphatic carbocycles. The molecule has 3 rings (SSSR count). The van der Waals surface area contributed by atoms with E-state index in [1.807, 2.05) is 0 Å². The summed E-state index contributed by atoms with van der Waals surface area (Å²) in [5.41, 5.74) is 3.04. The lowest BCUT2D eigenvalue weighted by atomic mass is 9.77. The number of rotatable bonds is 5. The van der Waals surface area contributed by atoms with Crippen molar-refractivity contribution in [2.45, 2.75) is 69.1 Å². The van der Waals surface area contributed by atoms with Crippen molar-refractivity contribution in [3.8, 4) is 0 Å². The topological polar surface area (TPSA) is 72.2 Å². The number of sulfone groups is 1. The van der Waals surface area contributed by atoms with Gasteiger partial charge in [0.05, 0.1) is 5.25 Å². The summed E-state index contributed by atoms with van der Waals surface area (Å²) in [5, 5.41) is -0.146. The molecule has 21 heavy (non-hydrogen) atoms. The summed E-state index contributed by atoms with van der Waals surface area (Å²) in [6.07, 6.45) is 12.0. The maximum absolute atomic E-state index is 11.8. The zero-order valence-corrected chi connectivity index (χ0v) is 13.9. The predicted octanol–water partition coefficient (Wildman–Crippen LogP) is 2.25. The van der Waals surface area contributed by atoms with E-state index in [2.05, 4.69) is 5.43 Å². The van der Waals surface area contributed by atoms with Crippen LogP contribution in [0.4, 0.5) is 0 Å². The summed E-state index contributed by atoms with van der Waals surface area (Å²) < 4.78 is 23.7. The van der Waals surface area contributed by atoms with Gasteiger partial charge in [0, 0.05) is 12.3 Å². The van der Waals surface area contributed by atoms with Crippen LogP contribution in [-0.2, 0) is 9.84 Å². The van der Waals surface area contributed by atoms with Gasteiger partial charge in [-0.2, -0.15) is 0 Å². The molecule has 6 atom stereocenters. The summed E-state index contributed by atoms with van der Waals surface area (Å²) in [6, 6.07) is 0.305. The van der Waals surface area contributed by atoms with Crippen LogP contribution in [0.3, 0.4) is 0 Å². The molecule has 0 amide bonds. The molecule has 3 fully saturated rings. The minimum Gasteiger partial charge on any atom is -0.271 e. The Labute approximate surface area is 129 Å². The minimum absolute atomic E-state index is 0.146. The van der Waals surface area contributed by atoms with Gasteiger partial charge in [-0.05, 0) is 68.6 Å². The van der Waals surface area contributed by atoms with Gasteiger partial charge in [-0.15, -0.1) is 0 Å². The maximum atomic E-state index is 11.8. The van der Waals surface area contributed by atoms with Crippen molar-refractivity contribution in [1.82, 2.24) is 5.43 Å². The average Bonchev–Trinajstić information content (AvgIpc) is 3.06. The molecular weight excluding hydrogens is 284 g/mol. The van der Waals surface area contributed by atoms with E-state index in [0.717, 1.165) is 49.9 Å². The second-order valence-corrected chi connectivity index (χ2v) is 10.1. The van der Waals surface area contributed by atoms with Gasteiger partial charge in [-0.1, -0.05) is 12.8 Å². The molecule has 4 nitrogen and oxygen atoms in total. The third-order valence-corrected chi connectivity index (χ3v) is 8.14. The lowest BCUT2D eigenvalue weighted by molar-refractivity contribution is 0.205. The number of hydrazine groups is 1. The molecule has 0 spiro atoms. The van der Waals surface area contributed by atoms with Gasteiger partial charge in [-0.25, -0.2) is 8.42 Å². The third kappa shape index (κ3) is 3.45. The Morgan fingerprint density at radius 3 is 2.52 bits per heavy atom. The highest BCUT2D eigenvalue weighted by molar-refractivity contribution is 7.91. The van der Waals surface area contributed by atoms with Crippen molar-refractivity contribution in [3.05, 3.63) is 0 Å². The fourth-order valence-corrected chi connectivity index (χ4v) is 6.51. The van der Waals surface area contributed by atoms with Crippen LogP contribution in [0.5, 0.6) is 0 Å². The first-order valence-electron chi connectivity index (χ1n) is 8.62. The largest absolute Gasteiger partial charge is 0.271 e. The molecule has 0 aliphatic heterocycles. The Morgan fingerprint density at radius 2 is 1.95 bits per heavy atom. The van der Waals surface area contributed by atoms with Crippen LogP contribution in [0.25, 0.3) is 0 Å². The molecule has 3 saturated carbocycles. The summed E-state index contributed by atoms with van der Waals surface area (Å²) in [4.78, 5) is 0. The molecule has 3 aliphatic rings. The van der Waals surface area contributed by atoms with Gasteiger partial charge in [0.15, 0.2) is 0 Å². The highest BCUT2D eigenvalue weighted by Crippen LogP contribution is 2.50. The van der Waals surface area contributed by atoms with Crippen LogP contribution < -0.4 is 11.3 Å². The first-order chi connectivity index (χ1) is 9.97. The number of fused-ring (bicyclic) bond motifs is 2. The number of nitrogens with two attached hydrogens (primary N) is 1. The molecule has 6 unspecified atom stereocenters. The van der Waals surface area contributed by atoms with Crippen LogP contribution in [0, 0.1) is 23.7 Å². The first-order valence-corrected chi connectivity index (χ1v) is 10.6. The number of nitrogens with one attached hydrogen (secondary N) is 1. The molecule has 0 saturated heterocycles. The zero-order valence-electron chi connectivity index (χ0n) is 13.1. The molecule has 0 heterocycles. The smallest absolute Gasteiger partial charge is 0.150 e. The fourth-order valence-electron chi connectivity index (χ4n) is 5.32. The van der Waals surface area contributed by atoms with E-state index in [9.17, 15) is 8.42 Å². The zero-order chi connectivity index (χ0) is 15.0. The second kappa shape index (κ2) is 6.17. The van der Waals surface area contributed by atoms with Gasteiger partial charge in [0.2, 0.25) is 0 Å². The lowest BCUT2D eigenvalue weighted by Crippen LogP contribution is -2.45. The van der Waals surface area contributed by atoms with Crippen LogP contribution in [0.15, 0.2) is 0 Å². The molecule has 0 radical (unpaired) electrons. The van der Waals surface area contributed by atoms with Crippen LogP contribution in [-0.4, -0.2) is 26.0 Å². The van der Waals surface area contributed by atoms with Crippen LogP contribution >= 0.6 is 0 Å². The summed E-state index contributed by atoms with van der Waals surface area (Å²) in [5.74, 6) is 8.97. The number of hydrogen-bond acceptors (Lipinski definition) is 4. The second-order valence-electron chi connectivity index (χ2n) is 7.82. The lowest BCUT2D eigenvalue weighted by Gasteiger charge is -2.36. The summed E-state index contributed by atoms with van der Waals surface area (Å²) >= 11 is 0. The summed E-state index contributed by atoms with van der Waals surface area (Å²) in [7, 11) is -2.90. The average molecular weight is 314 g/mol. The Morgan fingerprint density at radius 1 is 1.14 bits per heavy atom. The van der Waals surface area contributed by atoms with Crippen LogP contribution in [0.1, 0.15) is 57.8 Å². The molecule has 0 aromatic carbocycles. The molecule has 5 heteroatoms. The first kappa shape index (κ1) is 15.8. The van der Waals surface area contributed by atoms with Crippen molar-refractivity contribution in [2.75, 3.05) is 6.26 Å². The predicted molar refractivity (Wildman–Crippen MR) is 85.3 cm³/mol. The molecule has 0 aromatic heterocycles. The molecule has 122 valence electrons. The molecular formula is C16H30N2O2S. The van der Waals surface area contributed by atoms with E-state index >= 15 is 0 Å². The molecule has 2 bridgehead atoms. The van der Waals surface area contributed by atoms with Gasteiger partial charge < -0.3 is 0 Å². The van der Waals surface area contributed by atoms with Crippen molar-refractivity contribution < 1.29 is 8.42 Å². The van der Waals surface area contributed by atoms with E-state index < -0.39 is 9.84 Å². The van der Waals surface area contributed by atoms with Crippen molar-refractivity contribution >= 4 is 9.84 Å². The summed E-state index contributed by atoms with van der Waals surface area (Å²) in [6.45, 7) is 0. The Kier molecular flexibility index (Phi) is 4.63. The quantitative estimate of drug-likeness (QED) is 0.603. The van der Waals surface area contributed by atoms with E-state index in [4.69, 9.17) is 5.84 Å². The maximum Gasteiger partial charge on any atom is 0.150 e. The Hall–Kier alpha value is -0.130. The molecule has 0 aromatic rings.